The fourth-order valence-corrected chi connectivity index (χ4v) is 4.04. The molecule has 0 bridgehead atoms. The minimum absolute atomic E-state index is 0.206. The van der Waals surface area contributed by atoms with Crippen LogP contribution in [0.15, 0.2) is 30.3 Å². The third kappa shape index (κ3) is 9.01. The lowest BCUT2D eigenvalue weighted by atomic mass is 9.91. The van der Waals surface area contributed by atoms with Gasteiger partial charge in [0.1, 0.15) is 11.6 Å². The molecule has 1 aliphatic heterocycles. The van der Waals surface area contributed by atoms with E-state index in [1.807, 2.05) is 30.3 Å². The molecule has 2 rings (SSSR count). The van der Waals surface area contributed by atoms with Crippen LogP contribution >= 0.6 is 0 Å². The van der Waals surface area contributed by atoms with E-state index in [-0.39, 0.29) is 25.7 Å². The van der Waals surface area contributed by atoms with Gasteiger partial charge in [-0.3, -0.25) is 4.79 Å². The van der Waals surface area contributed by atoms with Crippen LogP contribution in [0, 0.1) is 0 Å². The van der Waals surface area contributed by atoms with Crippen molar-refractivity contribution in [3.05, 3.63) is 35.9 Å². The number of nitrogens with zero attached hydrogens (tertiary/aromatic N) is 1. The van der Waals surface area contributed by atoms with Gasteiger partial charge in [-0.05, 0) is 46.1 Å². The van der Waals surface area contributed by atoms with E-state index in [9.17, 15) is 19.2 Å². The Morgan fingerprint density at radius 2 is 1.73 bits per heavy atom. The summed E-state index contributed by atoms with van der Waals surface area (Å²) in [6.07, 6.45) is -0.298. The van der Waals surface area contributed by atoms with E-state index in [4.69, 9.17) is 14.2 Å². The molecular formula is C26H39N3O8. The van der Waals surface area contributed by atoms with Gasteiger partial charge in [0.2, 0.25) is 0 Å². The van der Waals surface area contributed by atoms with Crippen molar-refractivity contribution in [3.63, 3.8) is 0 Å². The molecule has 2 N–H and O–H groups in total. The van der Waals surface area contributed by atoms with Crippen molar-refractivity contribution in [2.45, 2.75) is 77.0 Å². The van der Waals surface area contributed by atoms with E-state index < -0.39 is 47.6 Å². The average molecular weight is 522 g/mol. The lowest BCUT2D eigenvalue weighted by Crippen LogP contribution is -2.69. The van der Waals surface area contributed by atoms with Gasteiger partial charge in [-0.15, -0.1) is 0 Å². The minimum atomic E-state index is -1.48. The number of ketones is 1. The van der Waals surface area contributed by atoms with Gasteiger partial charge in [-0.1, -0.05) is 30.3 Å². The first-order valence-corrected chi connectivity index (χ1v) is 12.3. The number of methoxy groups -OCH3 is 2. The fourth-order valence-electron chi connectivity index (χ4n) is 4.04. The van der Waals surface area contributed by atoms with Crippen molar-refractivity contribution >= 4 is 23.9 Å². The second-order valence-electron chi connectivity index (χ2n) is 9.72. The molecule has 0 spiro atoms. The topological polar surface area (TPSA) is 132 Å². The first-order chi connectivity index (χ1) is 17.5. The van der Waals surface area contributed by atoms with E-state index in [1.54, 1.807) is 34.8 Å². The lowest BCUT2D eigenvalue weighted by molar-refractivity contribution is -0.147. The normalized spacial score (nSPS) is 19.3. The number of carbonyl (C=O) groups is 4. The van der Waals surface area contributed by atoms with E-state index in [0.717, 1.165) is 12.7 Å². The van der Waals surface area contributed by atoms with Gasteiger partial charge in [-0.2, -0.15) is 0 Å². The maximum absolute atomic E-state index is 13.3. The van der Waals surface area contributed by atoms with Crippen molar-refractivity contribution < 1.29 is 38.1 Å². The van der Waals surface area contributed by atoms with Gasteiger partial charge >= 0.3 is 18.1 Å². The highest BCUT2D eigenvalue weighted by Gasteiger charge is 2.46. The maximum Gasteiger partial charge on any atom is 0.410 e. The summed E-state index contributed by atoms with van der Waals surface area (Å²) < 4.78 is 21.7. The van der Waals surface area contributed by atoms with E-state index in [0.29, 0.717) is 13.0 Å². The van der Waals surface area contributed by atoms with Crippen LogP contribution in [0.5, 0.6) is 0 Å². The summed E-state index contributed by atoms with van der Waals surface area (Å²) >= 11 is 0. The predicted molar refractivity (Wildman–Crippen MR) is 135 cm³/mol. The number of ether oxygens (including phenoxy) is 4. The molecule has 1 heterocycles. The molecule has 4 atom stereocenters. The molecule has 37 heavy (non-hydrogen) atoms. The molecule has 0 aromatic heterocycles. The number of amides is 3. The summed E-state index contributed by atoms with van der Waals surface area (Å²) in [5.41, 5.74) is 0.250. The standard InChI is InChI=1S/C26H39N3O8/c1-7-29(25(33)37-26(2,3)4)19(20-22(30)21(23(31)35-6)28-24(32)27-20)14-13-18(34-5)16-36-15-17-11-9-8-10-12-17/h8-12,18-21H,7,13-16H2,1-6H3,(H2,27,28,32). The molecule has 1 saturated heterocycles. The van der Waals surface area contributed by atoms with E-state index in [1.165, 1.54) is 4.90 Å². The van der Waals surface area contributed by atoms with Crippen molar-refractivity contribution in [2.24, 2.45) is 0 Å². The van der Waals surface area contributed by atoms with Crippen LogP contribution in [-0.4, -0.2) is 86.0 Å². The number of benzene rings is 1. The van der Waals surface area contributed by atoms with E-state index in [2.05, 4.69) is 15.4 Å². The summed E-state index contributed by atoms with van der Waals surface area (Å²) in [6.45, 7) is 7.87. The second-order valence-corrected chi connectivity index (χ2v) is 9.72. The van der Waals surface area contributed by atoms with Crippen molar-refractivity contribution in [1.29, 1.82) is 0 Å². The zero-order valence-electron chi connectivity index (χ0n) is 22.4. The van der Waals surface area contributed by atoms with Crippen LogP contribution in [0.25, 0.3) is 0 Å². The molecule has 1 fully saturated rings. The summed E-state index contributed by atoms with van der Waals surface area (Å²) in [7, 11) is 2.69. The van der Waals surface area contributed by atoms with Crippen LogP contribution in [0.4, 0.5) is 9.59 Å². The SMILES string of the molecule is CCN(C(=O)OC(C)(C)C)C(CCC(COCc1ccccc1)OC)C1NC(=O)NC(C(=O)OC)C1=O. The zero-order valence-corrected chi connectivity index (χ0v) is 22.4. The molecule has 0 saturated carbocycles. The molecule has 1 aromatic rings. The molecular weight excluding hydrogens is 482 g/mol. The Morgan fingerprint density at radius 1 is 1.05 bits per heavy atom. The molecule has 1 aromatic carbocycles. The first-order valence-electron chi connectivity index (χ1n) is 12.3. The molecule has 4 unspecified atom stereocenters. The number of esters is 1. The van der Waals surface area contributed by atoms with Crippen LogP contribution in [0.3, 0.4) is 0 Å². The summed E-state index contributed by atoms with van der Waals surface area (Å²) in [5.74, 6) is -1.49. The molecule has 0 aliphatic carbocycles. The second kappa shape index (κ2) is 13.9. The smallest absolute Gasteiger partial charge is 0.410 e. The van der Waals surface area contributed by atoms with Gasteiger partial charge in [0, 0.05) is 13.7 Å². The Kier molecular flexibility index (Phi) is 11.3. The number of urea groups is 1. The summed E-state index contributed by atoms with van der Waals surface area (Å²) in [4.78, 5) is 52.3. The zero-order chi connectivity index (χ0) is 27.6. The Bertz CT molecular complexity index is 918. The molecule has 0 radical (unpaired) electrons. The van der Waals surface area contributed by atoms with Gasteiger partial charge < -0.3 is 34.5 Å². The molecule has 1 aliphatic rings. The largest absolute Gasteiger partial charge is 0.467 e. The van der Waals surface area contributed by atoms with Crippen molar-refractivity contribution in [3.8, 4) is 0 Å². The van der Waals surface area contributed by atoms with E-state index >= 15 is 0 Å². The number of hydrogen-bond acceptors (Lipinski definition) is 8. The Labute approximate surface area is 218 Å². The monoisotopic (exact) mass is 521 g/mol. The third-order valence-corrected chi connectivity index (χ3v) is 5.88. The van der Waals surface area contributed by atoms with Crippen molar-refractivity contribution in [1.82, 2.24) is 15.5 Å². The van der Waals surface area contributed by atoms with Gasteiger partial charge in [0.15, 0.2) is 11.8 Å². The Morgan fingerprint density at radius 3 is 2.30 bits per heavy atom. The molecule has 206 valence electrons. The van der Waals surface area contributed by atoms with Gasteiger partial charge in [0.05, 0.1) is 32.5 Å². The third-order valence-electron chi connectivity index (χ3n) is 5.88. The molecule has 3 amide bonds. The van der Waals surface area contributed by atoms with Gasteiger partial charge in [0.25, 0.3) is 0 Å². The number of rotatable bonds is 12. The summed E-state index contributed by atoms with van der Waals surface area (Å²) in [5, 5.41) is 4.88. The maximum atomic E-state index is 13.3. The predicted octanol–water partition coefficient (Wildman–Crippen LogP) is 2.42. The Balaban J connectivity index is 2.22. The van der Waals surface area contributed by atoms with Crippen LogP contribution in [0.1, 0.15) is 46.1 Å². The van der Waals surface area contributed by atoms with Crippen molar-refractivity contribution in [2.75, 3.05) is 27.4 Å². The highest BCUT2D eigenvalue weighted by molar-refractivity contribution is 6.11. The molecule has 11 heteroatoms. The number of Topliss-reactive ketones (excluding diaryl/α,β-unsaturated/α-hetero) is 1. The quantitative estimate of drug-likeness (QED) is 0.317. The van der Waals surface area contributed by atoms with Gasteiger partial charge in [-0.25, -0.2) is 14.4 Å². The Hall–Kier alpha value is -3.18. The van der Waals surface area contributed by atoms with Crippen LogP contribution in [0.2, 0.25) is 0 Å². The van der Waals surface area contributed by atoms with Crippen LogP contribution < -0.4 is 10.6 Å². The highest BCUT2D eigenvalue weighted by atomic mass is 16.6. The average Bonchev–Trinajstić information content (AvgIpc) is 2.85. The summed E-state index contributed by atoms with van der Waals surface area (Å²) in [6, 6.07) is 5.55. The lowest BCUT2D eigenvalue weighted by Gasteiger charge is -2.40. The highest BCUT2D eigenvalue weighted by Crippen LogP contribution is 2.21. The number of likely N-dealkylation sites (N-methyl/N-ethyl adjacent to an activating group) is 1. The minimum Gasteiger partial charge on any atom is -0.467 e. The number of carbonyl (C=O) groups excluding carboxylic acids is 4. The fraction of sp³-hybridized carbons (Fsp3) is 0.615. The number of hydrogen-bond donors (Lipinski definition) is 2. The first kappa shape index (κ1) is 30.0. The van der Waals surface area contributed by atoms with Crippen LogP contribution in [-0.2, 0) is 35.1 Å². The number of nitrogens with one attached hydrogen (secondary N) is 2. The molecule has 11 nitrogen and oxygen atoms in total.